The number of nitrogen functional groups attached to an aromatic ring is 1. The topological polar surface area (TPSA) is 258 Å². The van der Waals surface area contributed by atoms with Crippen molar-refractivity contribution in [2.24, 2.45) is 5.34 Å². The molecular weight excluding hydrogens is 1430 g/mol. The molecule has 0 bridgehead atoms. The Hall–Kier alpha value is -9.28. The number of nitrogens with one attached hydrogen (secondary N) is 3. The Morgan fingerprint density at radius 2 is 0.764 bits per heavy atom. The third-order valence-corrected chi connectivity index (χ3v) is 17.8. The van der Waals surface area contributed by atoms with Crippen molar-refractivity contribution >= 4 is 85.5 Å². The minimum absolute atomic E-state index is 0. The van der Waals surface area contributed by atoms with Crippen molar-refractivity contribution in [2.45, 2.75) is 99.0 Å². The van der Waals surface area contributed by atoms with Crippen molar-refractivity contribution in [1.82, 2.24) is 30.6 Å². The van der Waals surface area contributed by atoms with E-state index in [0.717, 1.165) is 129 Å². The standard InChI is InChI=1S/C23H24F4N4O.C23H24F3N6O.C23H26F3N5O.BF4.HNO2.Na/c1-13-19(10-16(24)11-21(13)23(25,26)27)14(2)28-22-20-12-17(31-6-8-32-9-7-31)4-5-18(20)15(3)29-30-22;1-13-19(10-16(29-27)11-21(13)23(24,25)26)14(2)28-22-20-12-17(32-6-8-33-9-7-32)4-5-18(20)15(3)30-31-22;1-13-19(10-16(27)11-21(13)23(24,25)26)14(2)28-22-20-12-17(31-6-8-32-9-7-31)4-5-18(20)15(3)29-30-22;2-1(3,4)5;2-1-3;/h4-5,10-12,14H,6-9H2,1-3H3,(H,28,30);4-5,10-12,14H,6-9H2,1-3H3,(H,28,31);4-5,10-12,14H,6-9,27H2,1-3H3,(H,28,30);;(H,2,3);/q;+1;;-1;;+1/p-1/t3*14-;;;/m111.../s1. The van der Waals surface area contributed by atoms with Gasteiger partial charge in [-0.15, -0.1) is 20.6 Å². The van der Waals surface area contributed by atoms with Gasteiger partial charge in [-0.05, 0) is 156 Å². The van der Waals surface area contributed by atoms with Crippen LogP contribution >= 0.6 is 0 Å². The molecule has 3 atom stereocenters. The fourth-order valence-corrected chi connectivity index (χ4v) is 12.5. The van der Waals surface area contributed by atoms with Crippen LogP contribution in [0.25, 0.3) is 37.3 Å². The Kier molecular flexibility index (Phi) is 28.4. The molecule has 562 valence electrons. The van der Waals surface area contributed by atoms with Crippen LogP contribution in [0, 0.1) is 62.9 Å². The average molecular weight is 1510 g/mol. The van der Waals surface area contributed by atoms with E-state index in [4.69, 9.17) is 35.5 Å². The summed E-state index contributed by atoms with van der Waals surface area (Å²) in [7, 11) is -6.00. The predicted molar refractivity (Wildman–Crippen MR) is 375 cm³/mol. The van der Waals surface area contributed by atoms with E-state index in [-0.39, 0.29) is 63.2 Å². The number of ether oxygens (including phenoxy) is 3. The molecule has 3 fully saturated rings. The van der Waals surface area contributed by atoms with E-state index in [2.05, 4.69) is 66.2 Å². The zero-order chi connectivity index (χ0) is 77.0. The molecule has 9 aromatic rings. The van der Waals surface area contributed by atoms with Gasteiger partial charge in [0.25, 0.3) is 0 Å². The predicted octanol–water partition coefficient (Wildman–Crippen LogP) is 14.6. The number of hydrogen-bond donors (Lipinski definition) is 4. The summed E-state index contributed by atoms with van der Waals surface area (Å²) in [6.45, 7) is 23.7. The summed E-state index contributed by atoms with van der Waals surface area (Å²) in [5, 5.41) is 58.6. The first-order valence-corrected chi connectivity index (χ1v) is 32.7. The SMILES string of the molecule is Cc1c([C@@H](C)Nc2nnc(C)c3ccc(N4CCOCC4)cc23)cc(F)cc1C(F)(F)F.Cc1c([C@@H](C)Nc2nnc(C)c3ccc(N4CCOCC4)cc23)cc(N)cc1C(F)(F)F.Cc1c([C@@H](C)Nc2nnc(C)c3ccc(N4CCOCC4)cc23)cc([N+]#N)cc1C(F)(F)F.F[B-](F)(F)F.O=N[O-].[Na+]. The van der Waals surface area contributed by atoms with Crippen molar-refractivity contribution in [2.75, 3.05) is 115 Å². The molecule has 0 radical (unpaired) electrons. The van der Waals surface area contributed by atoms with Crippen LogP contribution in [0.2, 0.25) is 0 Å². The number of morpholine rings is 3. The first kappa shape index (κ1) is 84.0. The number of rotatable bonds is 12. The first-order valence-electron chi connectivity index (χ1n) is 32.7. The fourth-order valence-electron chi connectivity index (χ4n) is 12.5. The molecule has 21 nitrogen and oxygen atoms in total. The number of aromatic nitrogens is 6. The molecule has 0 spiro atoms. The first-order chi connectivity index (χ1) is 49.4. The summed E-state index contributed by atoms with van der Waals surface area (Å²) < 4.78 is 190. The van der Waals surface area contributed by atoms with Gasteiger partial charge in [-0.2, -0.15) is 54.8 Å². The third-order valence-electron chi connectivity index (χ3n) is 17.8. The number of alkyl halides is 9. The van der Waals surface area contributed by atoms with Gasteiger partial charge < -0.3 is 78.0 Å². The maximum atomic E-state index is 14.0. The van der Waals surface area contributed by atoms with Gasteiger partial charge in [-0.3, -0.25) is 0 Å². The number of aryl methyl sites for hydroxylation is 3. The van der Waals surface area contributed by atoms with Crippen LogP contribution in [0.3, 0.4) is 0 Å². The van der Waals surface area contributed by atoms with Crippen molar-refractivity contribution in [3.63, 3.8) is 0 Å². The van der Waals surface area contributed by atoms with Crippen molar-refractivity contribution in [3.8, 4) is 0 Å². The third kappa shape index (κ3) is 21.5. The Morgan fingerprint density at radius 3 is 1.07 bits per heavy atom. The Bertz CT molecular complexity index is 4410. The summed E-state index contributed by atoms with van der Waals surface area (Å²) in [5.74, 6) is 0.493. The van der Waals surface area contributed by atoms with Crippen LogP contribution < -0.4 is 65.9 Å². The summed E-state index contributed by atoms with van der Waals surface area (Å²) in [6, 6.07) is 22.9. The molecule has 3 aliphatic rings. The number of fused-ring (bicyclic) bond motifs is 3. The molecule has 6 heterocycles. The molecule has 106 heavy (non-hydrogen) atoms. The van der Waals surface area contributed by atoms with Gasteiger partial charge in [-0.1, -0.05) is 18.2 Å². The van der Waals surface area contributed by atoms with E-state index in [0.29, 0.717) is 74.3 Å². The van der Waals surface area contributed by atoms with E-state index in [1.54, 1.807) is 26.8 Å². The molecule has 12 rings (SSSR count). The molecule has 0 saturated carbocycles. The number of anilines is 7. The second kappa shape index (κ2) is 35.9. The molecule has 3 saturated heterocycles. The maximum Gasteiger partial charge on any atom is 1.00 e. The minimum Gasteiger partial charge on any atom is -0.444 e. The van der Waals surface area contributed by atoms with Crippen LogP contribution in [-0.2, 0) is 32.7 Å². The van der Waals surface area contributed by atoms with E-state index < -0.39 is 66.4 Å². The number of nitrogens with zero attached hydrogens (tertiary/aromatic N) is 12. The Morgan fingerprint density at radius 1 is 0.481 bits per heavy atom. The molecule has 3 aromatic heterocycles. The summed E-state index contributed by atoms with van der Waals surface area (Å²) in [6.07, 6.45) is -13.7. The Balaban J connectivity index is 0.000000210. The van der Waals surface area contributed by atoms with E-state index in [1.807, 2.05) is 75.4 Å². The quantitative estimate of drug-likeness (QED) is 0.0221. The number of hydrogen-bond acceptors (Lipinski definition) is 20. The normalized spacial score (nSPS) is 15.0. The molecule has 3 aliphatic heterocycles. The molecule has 6 aromatic carbocycles. The fraction of sp³-hybridized carbons (Fsp3) is 0.391. The van der Waals surface area contributed by atoms with Crippen molar-refractivity contribution in [3.05, 3.63) is 179 Å². The summed E-state index contributed by atoms with van der Waals surface area (Å²) >= 11 is 0. The van der Waals surface area contributed by atoms with Gasteiger partial charge >= 0.3 is 61.0 Å². The van der Waals surface area contributed by atoms with Gasteiger partial charge in [0.1, 0.15) is 5.82 Å². The molecule has 0 amide bonds. The van der Waals surface area contributed by atoms with Crippen molar-refractivity contribution < 1.29 is 105 Å². The van der Waals surface area contributed by atoms with Crippen LogP contribution in [0.4, 0.5) is 107 Å². The molecule has 0 aliphatic carbocycles. The van der Waals surface area contributed by atoms with Gasteiger partial charge in [0.2, 0.25) is 5.39 Å². The zero-order valence-corrected chi connectivity index (χ0v) is 61.2. The van der Waals surface area contributed by atoms with Gasteiger partial charge in [0, 0.05) is 106 Å². The maximum absolute atomic E-state index is 14.0. The largest absolute Gasteiger partial charge is 1.00 e. The smallest absolute Gasteiger partial charge is 0.444 e. The van der Waals surface area contributed by atoms with E-state index in [1.165, 1.54) is 26.8 Å². The molecule has 0 unspecified atom stereocenters. The number of nitrogens with two attached hydrogens (primary N) is 1. The van der Waals surface area contributed by atoms with Crippen LogP contribution in [0.15, 0.2) is 96.3 Å². The van der Waals surface area contributed by atoms with Crippen LogP contribution in [-0.4, -0.2) is 117 Å². The van der Waals surface area contributed by atoms with Gasteiger partial charge in [-0.25, -0.2) is 4.39 Å². The molecular formula is C69H74BF14N16NaO5. The van der Waals surface area contributed by atoms with E-state index >= 15 is 0 Å². The number of diazo groups is 1. The average Bonchev–Trinajstić information content (AvgIpc) is 0.791. The summed E-state index contributed by atoms with van der Waals surface area (Å²) in [5.41, 5.74) is 9.76. The monoisotopic (exact) mass is 1510 g/mol. The van der Waals surface area contributed by atoms with Crippen LogP contribution in [0.1, 0.15) is 106 Å². The van der Waals surface area contributed by atoms with Crippen LogP contribution in [0.5, 0.6) is 0 Å². The second-order valence-electron chi connectivity index (χ2n) is 24.8. The number of benzene rings is 6. The molecule has 37 heteroatoms. The molecule has 5 N–H and O–H groups in total. The van der Waals surface area contributed by atoms with Gasteiger partial charge in [0.05, 0.1) is 91.5 Å². The number of halogens is 14. The Labute approximate surface area is 621 Å². The van der Waals surface area contributed by atoms with Gasteiger partial charge in [0.15, 0.2) is 22.4 Å². The minimum atomic E-state index is -6.00. The van der Waals surface area contributed by atoms with E-state index in [9.17, 15) is 61.2 Å². The van der Waals surface area contributed by atoms with Crippen molar-refractivity contribution in [1.29, 1.82) is 5.39 Å². The second-order valence-corrected chi connectivity index (χ2v) is 24.8. The summed E-state index contributed by atoms with van der Waals surface area (Å²) in [4.78, 5) is 17.7. The zero-order valence-electron chi connectivity index (χ0n) is 59.2.